The number of hydrogen-bond donors (Lipinski definition) is 5. The van der Waals surface area contributed by atoms with E-state index in [9.17, 15) is 39.6 Å². The average Bonchev–Trinajstić information content (AvgIpc) is 2.73. The summed E-state index contributed by atoms with van der Waals surface area (Å²) in [6.45, 7) is 1.43. The van der Waals surface area contributed by atoms with E-state index in [1.807, 2.05) is 0 Å². The normalized spacial score (nSPS) is 31.6. The molecule has 0 aromatic heterocycles. The molecule has 0 heterocycles. The van der Waals surface area contributed by atoms with Crippen LogP contribution in [-0.2, 0) is 19.1 Å². The lowest BCUT2D eigenvalue weighted by Crippen LogP contribution is -2.60. The van der Waals surface area contributed by atoms with Crippen LogP contribution in [0.3, 0.4) is 0 Å². The number of phenols is 1. The molecular weight excluding hydrogens is 422 g/mol. The first-order valence-corrected chi connectivity index (χ1v) is 9.86. The first-order chi connectivity index (χ1) is 15.0. The van der Waals surface area contributed by atoms with Crippen molar-refractivity contribution in [2.45, 2.75) is 24.9 Å². The number of nitrogens with two attached hydrogens (primary N) is 1. The predicted octanol–water partition coefficient (Wildman–Crippen LogP) is 0.541. The molecule has 0 saturated carbocycles. The third-order valence-electron chi connectivity index (χ3n) is 6.88. The maximum absolute atomic E-state index is 13.3. The van der Waals surface area contributed by atoms with Crippen LogP contribution in [0.4, 0.5) is 0 Å². The second-order valence-electron chi connectivity index (χ2n) is 8.29. The van der Waals surface area contributed by atoms with Crippen molar-refractivity contribution in [3.63, 3.8) is 0 Å². The van der Waals surface area contributed by atoms with E-state index >= 15 is 0 Å². The van der Waals surface area contributed by atoms with E-state index < -0.39 is 81.1 Å². The Hall–Kier alpha value is -3.66. The molecule has 0 radical (unpaired) electrons. The zero-order valence-electron chi connectivity index (χ0n) is 17.2. The van der Waals surface area contributed by atoms with Gasteiger partial charge < -0.3 is 30.9 Å². The molecule has 0 spiro atoms. The topological polar surface area (TPSA) is 184 Å². The number of rotatable bonds is 2. The third-order valence-corrected chi connectivity index (χ3v) is 6.88. The Labute approximate surface area is 181 Å². The van der Waals surface area contributed by atoms with Crippen LogP contribution in [-0.4, -0.2) is 56.6 Å². The minimum Gasteiger partial charge on any atom is -0.511 e. The van der Waals surface area contributed by atoms with E-state index in [1.165, 1.54) is 25.1 Å². The third kappa shape index (κ3) is 2.49. The molecule has 32 heavy (non-hydrogen) atoms. The predicted molar refractivity (Wildman–Crippen MR) is 106 cm³/mol. The number of amides is 1. The van der Waals surface area contributed by atoms with Gasteiger partial charge in [-0.15, -0.1) is 0 Å². The number of fused-ring (bicyclic) bond motifs is 3. The molecular formula is C22H21NO9. The lowest BCUT2D eigenvalue weighted by molar-refractivity contribution is -0.149. The average molecular weight is 443 g/mol. The molecule has 1 amide bonds. The first-order valence-electron chi connectivity index (χ1n) is 9.86. The number of ketones is 2. The summed E-state index contributed by atoms with van der Waals surface area (Å²) in [5.41, 5.74) is 1.12. The van der Waals surface area contributed by atoms with Crippen molar-refractivity contribution in [3.8, 4) is 5.75 Å². The molecule has 1 aromatic carbocycles. The van der Waals surface area contributed by atoms with E-state index in [2.05, 4.69) is 0 Å². The fraction of sp³-hybridized carbons (Fsp3) is 0.364. The number of phenolic OH excluding ortho intramolecular Hbond substituents is 1. The van der Waals surface area contributed by atoms with Gasteiger partial charge in [-0.3, -0.25) is 19.2 Å². The van der Waals surface area contributed by atoms with Gasteiger partial charge in [-0.2, -0.15) is 0 Å². The number of hydrogen-bond acceptors (Lipinski definition) is 9. The molecule has 6 N–H and O–H groups in total. The summed E-state index contributed by atoms with van der Waals surface area (Å²) in [5, 5.41) is 43.2. The van der Waals surface area contributed by atoms with Crippen LogP contribution >= 0.6 is 0 Å². The van der Waals surface area contributed by atoms with Gasteiger partial charge in [-0.1, -0.05) is 19.1 Å². The monoisotopic (exact) mass is 443 g/mol. The second kappa shape index (κ2) is 6.92. The maximum Gasteiger partial charge on any atom is 0.313 e. The molecule has 0 fully saturated rings. The standard InChI is InChI=1S/C22H21NO9/c1-7-10-6-9-12(21(30)32-2)8-4-3-5-11(24)13(8)17(26)14(9)18(27)22(10,31)19(28)15(16(7)25)20(23)29/h3-5,7,9-10,12,24-25,27,31H,6H2,1-2H3,(H2,23,29)/t7-,9+,10-,12-,22-/m0/s1. The molecule has 0 saturated heterocycles. The Morgan fingerprint density at radius 1 is 1.19 bits per heavy atom. The van der Waals surface area contributed by atoms with Gasteiger partial charge >= 0.3 is 5.97 Å². The van der Waals surface area contributed by atoms with Crippen LogP contribution in [0.15, 0.2) is 40.9 Å². The Bertz CT molecular complexity index is 1160. The molecule has 5 atom stereocenters. The summed E-state index contributed by atoms with van der Waals surface area (Å²) in [4.78, 5) is 50.9. The largest absolute Gasteiger partial charge is 0.511 e. The Morgan fingerprint density at radius 2 is 1.84 bits per heavy atom. The maximum atomic E-state index is 13.3. The summed E-state index contributed by atoms with van der Waals surface area (Å²) >= 11 is 0. The minimum absolute atomic E-state index is 0.181. The molecule has 0 unspecified atom stereocenters. The molecule has 10 nitrogen and oxygen atoms in total. The SMILES string of the molecule is COC(=O)[C@H]1c2cccc(O)c2C(=O)C2=C(O)[C@]3(O)C(=O)C(C(N)=O)=C(O)[C@@H](C)[C@@H]3C[C@@H]21. The van der Waals surface area contributed by atoms with Crippen LogP contribution in [0.5, 0.6) is 5.75 Å². The molecule has 3 aliphatic carbocycles. The highest BCUT2D eigenvalue weighted by Crippen LogP contribution is 2.56. The van der Waals surface area contributed by atoms with Gasteiger partial charge in [0.05, 0.1) is 18.6 Å². The molecule has 0 bridgehead atoms. The van der Waals surface area contributed by atoms with Crippen molar-refractivity contribution in [1.29, 1.82) is 0 Å². The fourth-order valence-corrected chi connectivity index (χ4v) is 5.34. The van der Waals surface area contributed by atoms with Crippen LogP contribution in [0.2, 0.25) is 0 Å². The summed E-state index contributed by atoms with van der Waals surface area (Å²) < 4.78 is 4.90. The number of aliphatic hydroxyl groups is 3. The van der Waals surface area contributed by atoms with E-state index in [0.717, 1.165) is 7.11 Å². The number of Topliss-reactive ketones (excluding diaryl/α,β-unsaturated/α-hetero) is 2. The number of primary amides is 1. The molecule has 3 aliphatic rings. The number of esters is 1. The van der Waals surface area contributed by atoms with Crippen molar-refractivity contribution in [2.24, 2.45) is 23.5 Å². The fourth-order valence-electron chi connectivity index (χ4n) is 5.34. The highest BCUT2D eigenvalue weighted by molar-refractivity contribution is 6.24. The van der Waals surface area contributed by atoms with E-state index in [0.29, 0.717) is 0 Å². The number of carbonyl (C=O) groups excluding carboxylic acids is 4. The lowest BCUT2D eigenvalue weighted by atomic mass is 9.55. The van der Waals surface area contributed by atoms with Crippen LogP contribution < -0.4 is 5.73 Å². The van der Waals surface area contributed by atoms with Gasteiger partial charge in [0.2, 0.25) is 5.78 Å². The minimum atomic E-state index is -2.72. The number of methoxy groups -OCH3 is 1. The molecule has 0 aliphatic heterocycles. The summed E-state index contributed by atoms with van der Waals surface area (Å²) in [5.74, 6) is -10.7. The van der Waals surface area contributed by atoms with Gasteiger partial charge in [0, 0.05) is 23.3 Å². The number of aromatic hydroxyl groups is 1. The Balaban J connectivity index is 2.03. The quantitative estimate of drug-likeness (QED) is 0.321. The number of allylic oxidation sites excluding steroid dienone is 2. The van der Waals surface area contributed by atoms with Crippen LogP contribution in [0.1, 0.15) is 35.2 Å². The molecule has 168 valence electrons. The Kier molecular flexibility index (Phi) is 4.67. The first kappa shape index (κ1) is 21.6. The number of carbonyl (C=O) groups is 4. The van der Waals surface area contributed by atoms with E-state index in [-0.39, 0.29) is 17.5 Å². The van der Waals surface area contributed by atoms with E-state index in [4.69, 9.17) is 10.5 Å². The molecule has 1 aromatic rings. The summed E-state index contributed by atoms with van der Waals surface area (Å²) in [7, 11) is 1.14. The van der Waals surface area contributed by atoms with Gasteiger partial charge in [0.1, 0.15) is 22.8 Å². The highest BCUT2D eigenvalue weighted by Gasteiger charge is 2.63. The van der Waals surface area contributed by atoms with Crippen molar-refractivity contribution in [2.75, 3.05) is 7.11 Å². The lowest BCUT2D eigenvalue weighted by Gasteiger charge is -2.49. The van der Waals surface area contributed by atoms with Crippen molar-refractivity contribution in [1.82, 2.24) is 0 Å². The zero-order chi connectivity index (χ0) is 23.7. The van der Waals surface area contributed by atoms with Crippen molar-refractivity contribution in [3.05, 3.63) is 52.0 Å². The van der Waals surface area contributed by atoms with Gasteiger partial charge in [0.25, 0.3) is 5.91 Å². The van der Waals surface area contributed by atoms with Gasteiger partial charge in [-0.05, 0) is 18.1 Å². The van der Waals surface area contributed by atoms with Crippen LogP contribution in [0, 0.1) is 17.8 Å². The Morgan fingerprint density at radius 3 is 2.44 bits per heavy atom. The van der Waals surface area contributed by atoms with E-state index in [1.54, 1.807) is 0 Å². The summed E-state index contributed by atoms with van der Waals surface area (Å²) in [6.07, 6.45) is -0.181. The molecule has 4 rings (SSSR count). The van der Waals surface area contributed by atoms with Gasteiger partial charge in [-0.25, -0.2) is 0 Å². The van der Waals surface area contributed by atoms with Crippen LogP contribution in [0.25, 0.3) is 0 Å². The summed E-state index contributed by atoms with van der Waals surface area (Å²) in [6, 6.07) is 4.15. The molecule has 10 heteroatoms. The number of ether oxygens (including phenoxy) is 1. The zero-order valence-corrected chi connectivity index (χ0v) is 17.2. The van der Waals surface area contributed by atoms with Crippen molar-refractivity contribution >= 4 is 23.4 Å². The van der Waals surface area contributed by atoms with Crippen molar-refractivity contribution < 1.29 is 44.3 Å². The highest BCUT2D eigenvalue weighted by atomic mass is 16.5. The smallest absolute Gasteiger partial charge is 0.313 e. The number of benzene rings is 1. The second-order valence-corrected chi connectivity index (χ2v) is 8.29. The van der Waals surface area contributed by atoms with Gasteiger partial charge in [0.15, 0.2) is 11.4 Å². The number of aliphatic hydroxyl groups excluding tert-OH is 2.